The predicted octanol–water partition coefficient (Wildman–Crippen LogP) is 5.22. The van der Waals surface area contributed by atoms with E-state index in [4.69, 9.17) is 9.47 Å². The third kappa shape index (κ3) is 6.63. The monoisotopic (exact) mass is 662 g/mol. The molecule has 2 amide bonds. The number of methoxy groups -OCH3 is 1. The molecule has 2 aromatic heterocycles. The molecule has 0 unspecified atom stereocenters. The lowest BCUT2D eigenvalue weighted by Gasteiger charge is -2.56. The van der Waals surface area contributed by atoms with Crippen LogP contribution in [0.4, 0.5) is 10.7 Å². The number of fused-ring (bicyclic) bond motifs is 4. The second-order valence-electron chi connectivity index (χ2n) is 13.5. The van der Waals surface area contributed by atoms with Gasteiger partial charge in [-0.15, -0.1) is 0 Å². The number of aryl methyl sites for hydroxylation is 2. The number of hydrogen-bond acceptors (Lipinski definition) is 9. The molecule has 1 atom stereocenters. The average Bonchev–Trinajstić information content (AvgIpc) is 3.02. The summed E-state index contributed by atoms with van der Waals surface area (Å²) < 4.78 is 41.0. The zero-order valence-corrected chi connectivity index (χ0v) is 28.3. The fourth-order valence-corrected chi connectivity index (χ4v) is 8.25. The lowest BCUT2D eigenvalue weighted by atomic mass is 9.59. The van der Waals surface area contributed by atoms with Gasteiger partial charge in [0.05, 0.1) is 18.8 Å². The van der Waals surface area contributed by atoms with Crippen molar-refractivity contribution in [1.82, 2.24) is 24.8 Å². The number of rotatable bonds is 4. The molecule has 4 bridgehead atoms. The second kappa shape index (κ2) is 12.7. The minimum atomic E-state index is -4.25. The summed E-state index contributed by atoms with van der Waals surface area (Å²) in [6, 6.07) is 11.6. The van der Waals surface area contributed by atoms with Gasteiger partial charge in [0.25, 0.3) is 15.9 Å². The number of carbonyl (C=O) groups excluding carboxylic acids is 2. The van der Waals surface area contributed by atoms with E-state index in [9.17, 15) is 18.0 Å². The molecule has 4 heterocycles. The highest BCUT2D eigenvalue weighted by Gasteiger charge is 2.51. The third-order valence-electron chi connectivity index (χ3n) is 9.67. The molecule has 6 rings (SSSR count). The van der Waals surface area contributed by atoms with Crippen LogP contribution in [0.3, 0.4) is 0 Å². The van der Waals surface area contributed by atoms with E-state index in [-0.39, 0.29) is 64.6 Å². The summed E-state index contributed by atoms with van der Waals surface area (Å²) in [4.78, 5) is 43.5. The van der Waals surface area contributed by atoms with E-state index in [2.05, 4.69) is 33.5 Å². The standard InChI is InChI=1S/C34H42N6O6S/c1-21(2)16-24-20-46-28-17-27(30-22(3)8-6-9-23(30)4)36-32(37-28)38-47(43,44)29-11-7-10-26(35-29)31(41)40(24)25-18-34(19-25)12-14-39(15-13-34)33(42)45-5/h6-11,17,21,24-25H,12-16,18-20H2,1-5H3,(H,36,37,38)/t24-/m1/s1. The zero-order chi connectivity index (χ0) is 33.5. The molecule has 250 valence electrons. The maximum absolute atomic E-state index is 14.4. The van der Waals surface area contributed by atoms with Crippen molar-refractivity contribution in [2.75, 3.05) is 31.5 Å². The van der Waals surface area contributed by atoms with Gasteiger partial charge >= 0.3 is 6.09 Å². The largest absolute Gasteiger partial charge is 0.475 e. The molecule has 1 spiro atoms. The highest BCUT2D eigenvalue weighted by Crippen LogP contribution is 2.52. The summed E-state index contributed by atoms with van der Waals surface area (Å²) in [6.45, 7) is 9.52. The zero-order valence-electron chi connectivity index (χ0n) is 27.5. The predicted molar refractivity (Wildman–Crippen MR) is 176 cm³/mol. The summed E-state index contributed by atoms with van der Waals surface area (Å²) in [5.74, 6) is -0.0408. The van der Waals surface area contributed by atoms with Gasteiger partial charge < -0.3 is 19.3 Å². The first-order valence-electron chi connectivity index (χ1n) is 16.1. The van der Waals surface area contributed by atoms with E-state index >= 15 is 0 Å². The number of anilines is 1. The molecule has 1 aliphatic carbocycles. The fraction of sp³-hybridized carbons (Fsp3) is 0.500. The number of likely N-dealkylation sites (tertiary alicyclic amines) is 1. The summed E-state index contributed by atoms with van der Waals surface area (Å²) in [7, 11) is -2.86. The Labute approximate surface area is 276 Å². The van der Waals surface area contributed by atoms with Crippen molar-refractivity contribution < 1.29 is 27.5 Å². The number of benzene rings is 1. The Bertz CT molecular complexity index is 1760. The van der Waals surface area contributed by atoms with E-state index < -0.39 is 10.0 Å². The molecular weight excluding hydrogens is 620 g/mol. The van der Waals surface area contributed by atoms with E-state index in [1.807, 2.05) is 36.9 Å². The van der Waals surface area contributed by atoms with Crippen LogP contribution in [0.2, 0.25) is 0 Å². The number of amides is 2. The average molecular weight is 663 g/mol. The lowest BCUT2D eigenvalue weighted by Crippen LogP contribution is -2.60. The molecule has 1 aromatic carbocycles. The SMILES string of the molecule is COC(=O)N1CCC2(CC1)CC(N1C(=O)c3cccc(n3)S(=O)(=O)Nc3nc(cc(-c4c(C)cccc4C)n3)OC[C@H]1CC(C)C)C2. The van der Waals surface area contributed by atoms with Crippen molar-refractivity contribution in [3.63, 3.8) is 0 Å². The molecular formula is C34H42N6O6S. The van der Waals surface area contributed by atoms with Gasteiger partial charge in [0.2, 0.25) is 11.8 Å². The number of nitrogens with one attached hydrogen (secondary N) is 1. The first-order chi connectivity index (χ1) is 22.4. The summed E-state index contributed by atoms with van der Waals surface area (Å²) in [5, 5.41) is -0.299. The molecule has 0 radical (unpaired) electrons. The maximum atomic E-state index is 14.4. The smallest absolute Gasteiger partial charge is 0.409 e. The Morgan fingerprint density at radius 1 is 1.04 bits per heavy atom. The van der Waals surface area contributed by atoms with E-state index in [1.54, 1.807) is 17.0 Å². The fourth-order valence-electron chi connectivity index (χ4n) is 7.33. The third-order valence-corrected chi connectivity index (χ3v) is 10.9. The van der Waals surface area contributed by atoms with Gasteiger partial charge in [0.15, 0.2) is 5.03 Å². The lowest BCUT2D eigenvalue weighted by molar-refractivity contribution is -0.0506. The van der Waals surface area contributed by atoms with Crippen LogP contribution in [0, 0.1) is 25.2 Å². The molecule has 13 heteroatoms. The minimum absolute atomic E-state index is 0.0181. The number of aromatic nitrogens is 3. The van der Waals surface area contributed by atoms with Gasteiger partial charge in [0, 0.05) is 30.8 Å². The number of nitrogens with zero attached hydrogens (tertiary/aromatic N) is 5. The Balaban J connectivity index is 1.39. The summed E-state index contributed by atoms with van der Waals surface area (Å²) >= 11 is 0. The van der Waals surface area contributed by atoms with Crippen molar-refractivity contribution in [3.8, 4) is 17.1 Å². The van der Waals surface area contributed by atoms with Crippen molar-refractivity contribution >= 4 is 28.0 Å². The van der Waals surface area contributed by atoms with Crippen LogP contribution >= 0.6 is 0 Å². The highest BCUT2D eigenvalue weighted by atomic mass is 32.2. The number of pyridine rings is 1. The topological polar surface area (TPSA) is 144 Å². The second-order valence-corrected chi connectivity index (χ2v) is 15.1. The molecule has 2 fully saturated rings. The molecule has 1 saturated heterocycles. The summed E-state index contributed by atoms with van der Waals surface area (Å²) in [6.07, 6.45) is 3.54. The molecule has 3 aromatic rings. The Morgan fingerprint density at radius 3 is 2.38 bits per heavy atom. The minimum Gasteiger partial charge on any atom is -0.475 e. The number of hydrogen-bond donors (Lipinski definition) is 1. The number of piperidine rings is 1. The normalized spacial score (nSPS) is 20.7. The molecule has 1 saturated carbocycles. The Kier molecular flexibility index (Phi) is 8.86. The van der Waals surface area contributed by atoms with Crippen molar-refractivity contribution in [1.29, 1.82) is 0 Å². The van der Waals surface area contributed by atoms with Gasteiger partial charge in [0.1, 0.15) is 12.3 Å². The Morgan fingerprint density at radius 2 is 1.72 bits per heavy atom. The van der Waals surface area contributed by atoms with Gasteiger partial charge in [-0.2, -0.15) is 13.4 Å². The van der Waals surface area contributed by atoms with Crippen molar-refractivity contribution in [2.24, 2.45) is 11.3 Å². The van der Waals surface area contributed by atoms with Crippen LogP contribution in [0.25, 0.3) is 11.3 Å². The highest BCUT2D eigenvalue weighted by molar-refractivity contribution is 7.92. The number of ether oxygens (including phenoxy) is 2. The number of sulfonamides is 1. The molecule has 3 aliphatic rings. The first kappa shape index (κ1) is 32.7. The van der Waals surface area contributed by atoms with E-state index in [1.165, 1.54) is 19.2 Å². The number of carbonyl (C=O) groups is 2. The van der Waals surface area contributed by atoms with Gasteiger partial charge in [-0.25, -0.2) is 19.5 Å². The van der Waals surface area contributed by atoms with Crippen LogP contribution in [0.1, 0.15) is 67.6 Å². The van der Waals surface area contributed by atoms with Crippen LogP contribution < -0.4 is 9.46 Å². The van der Waals surface area contributed by atoms with Crippen LogP contribution in [0.5, 0.6) is 5.88 Å². The van der Waals surface area contributed by atoms with Gasteiger partial charge in [-0.1, -0.05) is 38.1 Å². The van der Waals surface area contributed by atoms with E-state index in [0.717, 1.165) is 42.4 Å². The molecule has 47 heavy (non-hydrogen) atoms. The van der Waals surface area contributed by atoms with Gasteiger partial charge in [-0.3, -0.25) is 4.79 Å². The molecule has 12 nitrogen and oxygen atoms in total. The van der Waals surface area contributed by atoms with Crippen molar-refractivity contribution in [3.05, 3.63) is 59.3 Å². The molecule has 2 aliphatic heterocycles. The molecule has 1 N–H and O–H groups in total. The van der Waals surface area contributed by atoms with Gasteiger partial charge in [-0.05, 0) is 80.5 Å². The maximum Gasteiger partial charge on any atom is 0.409 e. The van der Waals surface area contributed by atoms with E-state index in [0.29, 0.717) is 25.2 Å². The quantitative estimate of drug-likeness (QED) is 0.398. The van der Waals surface area contributed by atoms with Crippen molar-refractivity contribution in [2.45, 2.75) is 76.9 Å². The first-order valence-corrected chi connectivity index (χ1v) is 17.6. The summed E-state index contributed by atoms with van der Waals surface area (Å²) in [5.41, 5.74) is 3.39. The van der Waals surface area contributed by atoms with Crippen LogP contribution in [0.15, 0.2) is 47.5 Å². The van der Waals surface area contributed by atoms with Crippen LogP contribution in [-0.2, 0) is 14.8 Å². The Hall–Kier alpha value is -4.26. The van der Waals surface area contributed by atoms with Crippen LogP contribution in [-0.4, -0.2) is 84.1 Å².